The number of hydrogen-bond acceptors (Lipinski definition) is 4. The van der Waals surface area contributed by atoms with E-state index in [1.54, 1.807) is 12.1 Å². The fraction of sp³-hybridized carbons (Fsp3) is 0.550. The number of rotatable bonds is 7. The van der Waals surface area contributed by atoms with Crippen LogP contribution < -0.4 is 5.32 Å². The molecule has 5 nitrogen and oxygen atoms in total. The smallest absolute Gasteiger partial charge is 0.230 e. The second-order valence-corrected chi connectivity index (χ2v) is 8.06. The van der Waals surface area contributed by atoms with Gasteiger partial charge >= 0.3 is 0 Å². The third-order valence-corrected chi connectivity index (χ3v) is 6.01. The SMILES string of the molecule is CCC(C)NC(=O)CSc1nnc(-c2ccccc2F)n1C1CCCCC1. The molecule has 1 amide bonds. The molecule has 146 valence electrons. The molecule has 1 aromatic heterocycles. The van der Waals surface area contributed by atoms with Gasteiger partial charge in [0.25, 0.3) is 0 Å². The van der Waals surface area contributed by atoms with E-state index in [1.807, 2.05) is 19.9 Å². The molecule has 1 aromatic carbocycles. The molecule has 3 rings (SSSR count). The van der Waals surface area contributed by atoms with Gasteiger partial charge in [-0.2, -0.15) is 0 Å². The fourth-order valence-corrected chi connectivity index (χ4v) is 4.24. The molecule has 1 fully saturated rings. The Labute approximate surface area is 164 Å². The first-order valence-corrected chi connectivity index (χ1v) is 10.7. The van der Waals surface area contributed by atoms with E-state index in [0.29, 0.717) is 16.5 Å². The summed E-state index contributed by atoms with van der Waals surface area (Å²) in [7, 11) is 0. The third-order valence-electron chi connectivity index (χ3n) is 5.07. The van der Waals surface area contributed by atoms with E-state index >= 15 is 0 Å². The lowest BCUT2D eigenvalue weighted by molar-refractivity contribution is -0.119. The molecule has 1 heterocycles. The van der Waals surface area contributed by atoms with Crippen molar-refractivity contribution in [1.29, 1.82) is 0 Å². The van der Waals surface area contributed by atoms with Gasteiger partial charge in [-0.3, -0.25) is 9.36 Å². The number of nitrogens with zero attached hydrogens (tertiary/aromatic N) is 3. The Kier molecular flexibility index (Phi) is 6.88. The van der Waals surface area contributed by atoms with Crippen molar-refractivity contribution in [1.82, 2.24) is 20.1 Å². The van der Waals surface area contributed by atoms with Crippen LogP contribution >= 0.6 is 11.8 Å². The highest BCUT2D eigenvalue weighted by Gasteiger charge is 2.25. The van der Waals surface area contributed by atoms with Gasteiger partial charge in [0.2, 0.25) is 5.91 Å². The average molecular weight is 391 g/mol. The third kappa shape index (κ3) is 4.89. The van der Waals surface area contributed by atoms with E-state index < -0.39 is 0 Å². The summed E-state index contributed by atoms with van der Waals surface area (Å²) in [4.78, 5) is 12.2. The van der Waals surface area contributed by atoms with Crippen molar-refractivity contribution in [3.8, 4) is 11.4 Å². The molecule has 0 aliphatic heterocycles. The van der Waals surface area contributed by atoms with Gasteiger partial charge in [0.1, 0.15) is 5.82 Å². The average Bonchev–Trinajstić information content (AvgIpc) is 3.11. The van der Waals surface area contributed by atoms with Crippen LogP contribution in [0.3, 0.4) is 0 Å². The van der Waals surface area contributed by atoms with Crippen molar-refractivity contribution in [2.45, 2.75) is 69.6 Å². The van der Waals surface area contributed by atoms with Gasteiger partial charge in [0.15, 0.2) is 11.0 Å². The summed E-state index contributed by atoms with van der Waals surface area (Å²) < 4.78 is 16.4. The Bertz CT molecular complexity index is 773. The summed E-state index contributed by atoms with van der Waals surface area (Å²) in [5, 5.41) is 12.3. The zero-order valence-corrected chi connectivity index (χ0v) is 16.8. The Balaban J connectivity index is 1.85. The number of carbonyl (C=O) groups excluding carboxylic acids is 1. The standard InChI is InChI=1S/C20H27FN4OS/c1-3-14(2)22-18(26)13-27-20-24-23-19(16-11-7-8-12-17(16)21)25(20)15-9-5-4-6-10-15/h7-8,11-12,14-15H,3-6,9-10,13H2,1-2H3,(H,22,26). The van der Waals surface area contributed by atoms with Gasteiger partial charge < -0.3 is 5.32 Å². The predicted octanol–water partition coefficient (Wildman–Crippen LogP) is 4.60. The van der Waals surface area contributed by atoms with Crippen molar-refractivity contribution in [3.05, 3.63) is 30.1 Å². The lowest BCUT2D eigenvalue weighted by Gasteiger charge is -2.25. The molecule has 0 saturated heterocycles. The molecule has 1 aliphatic carbocycles. The van der Waals surface area contributed by atoms with Crippen LogP contribution in [0.2, 0.25) is 0 Å². The minimum absolute atomic E-state index is 0.0139. The summed E-state index contributed by atoms with van der Waals surface area (Å²) in [5.41, 5.74) is 0.464. The minimum atomic E-state index is -0.298. The van der Waals surface area contributed by atoms with E-state index in [-0.39, 0.29) is 29.6 Å². The van der Waals surface area contributed by atoms with Crippen LogP contribution in [0, 0.1) is 5.82 Å². The molecule has 7 heteroatoms. The first kappa shape index (κ1) is 19.9. The van der Waals surface area contributed by atoms with Crippen LogP contribution in [0.5, 0.6) is 0 Å². The number of aromatic nitrogens is 3. The van der Waals surface area contributed by atoms with Crippen LogP contribution in [0.1, 0.15) is 58.4 Å². The van der Waals surface area contributed by atoms with E-state index in [0.717, 1.165) is 32.1 Å². The van der Waals surface area contributed by atoms with Crippen molar-refractivity contribution in [3.63, 3.8) is 0 Å². The van der Waals surface area contributed by atoms with Crippen LogP contribution in [0.25, 0.3) is 11.4 Å². The van der Waals surface area contributed by atoms with Crippen molar-refractivity contribution < 1.29 is 9.18 Å². The molecule has 27 heavy (non-hydrogen) atoms. The van der Waals surface area contributed by atoms with Crippen molar-refractivity contribution in [2.75, 3.05) is 5.75 Å². The molecule has 1 aliphatic rings. The summed E-state index contributed by atoms with van der Waals surface area (Å²) in [6.07, 6.45) is 6.49. The Morgan fingerprint density at radius 2 is 2.04 bits per heavy atom. The summed E-state index contributed by atoms with van der Waals surface area (Å²) >= 11 is 1.38. The van der Waals surface area contributed by atoms with Gasteiger partial charge in [0.05, 0.1) is 11.3 Å². The van der Waals surface area contributed by atoms with Gasteiger partial charge in [-0.25, -0.2) is 4.39 Å². The predicted molar refractivity (Wildman–Crippen MR) is 106 cm³/mol. The van der Waals surface area contributed by atoms with Crippen molar-refractivity contribution in [2.24, 2.45) is 0 Å². The molecule has 1 atom stereocenters. The summed E-state index contributed by atoms with van der Waals surface area (Å²) in [5.74, 6) is 0.532. The monoisotopic (exact) mass is 390 g/mol. The highest BCUT2D eigenvalue weighted by atomic mass is 32.2. The zero-order chi connectivity index (χ0) is 19.2. The quantitative estimate of drug-likeness (QED) is 0.702. The van der Waals surface area contributed by atoms with Crippen LogP contribution in [-0.2, 0) is 4.79 Å². The number of nitrogens with one attached hydrogen (secondary N) is 1. The van der Waals surface area contributed by atoms with E-state index in [2.05, 4.69) is 20.1 Å². The molecule has 1 unspecified atom stereocenters. The number of benzene rings is 1. The van der Waals surface area contributed by atoms with Crippen LogP contribution in [-0.4, -0.2) is 32.5 Å². The Morgan fingerprint density at radius 1 is 1.30 bits per heavy atom. The van der Waals surface area contributed by atoms with Crippen LogP contribution in [0.15, 0.2) is 29.4 Å². The first-order chi connectivity index (χ1) is 13.1. The molecule has 0 spiro atoms. The summed E-state index contributed by atoms with van der Waals surface area (Å²) in [6, 6.07) is 7.08. The van der Waals surface area contributed by atoms with Gasteiger partial charge in [-0.05, 0) is 38.3 Å². The minimum Gasteiger partial charge on any atom is -0.353 e. The molecule has 1 N–H and O–H groups in total. The molecule has 1 saturated carbocycles. The van der Waals surface area contributed by atoms with Gasteiger partial charge in [0, 0.05) is 12.1 Å². The molecule has 0 radical (unpaired) electrons. The highest BCUT2D eigenvalue weighted by molar-refractivity contribution is 7.99. The number of amides is 1. The maximum Gasteiger partial charge on any atom is 0.230 e. The second-order valence-electron chi connectivity index (χ2n) is 7.11. The number of thioether (sulfide) groups is 1. The number of carbonyl (C=O) groups is 1. The highest BCUT2D eigenvalue weighted by Crippen LogP contribution is 2.36. The van der Waals surface area contributed by atoms with E-state index in [4.69, 9.17) is 0 Å². The van der Waals surface area contributed by atoms with Crippen LogP contribution in [0.4, 0.5) is 4.39 Å². The van der Waals surface area contributed by atoms with Crippen molar-refractivity contribution >= 4 is 17.7 Å². The second kappa shape index (κ2) is 9.35. The largest absolute Gasteiger partial charge is 0.353 e. The van der Waals surface area contributed by atoms with E-state index in [1.165, 1.54) is 24.2 Å². The molecule has 2 aromatic rings. The lowest BCUT2D eigenvalue weighted by Crippen LogP contribution is -2.33. The normalized spacial score (nSPS) is 16.3. The number of halogens is 1. The molecule has 0 bridgehead atoms. The Morgan fingerprint density at radius 3 is 2.74 bits per heavy atom. The maximum atomic E-state index is 14.4. The van der Waals surface area contributed by atoms with Gasteiger partial charge in [-0.15, -0.1) is 10.2 Å². The lowest BCUT2D eigenvalue weighted by atomic mass is 9.95. The van der Waals surface area contributed by atoms with Gasteiger partial charge in [-0.1, -0.05) is 50.1 Å². The van der Waals surface area contributed by atoms with E-state index in [9.17, 15) is 9.18 Å². The summed E-state index contributed by atoms with van der Waals surface area (Å²) in [6.45, 7) is 4.03. The molecular weight excluding hydrogens is 363 g/mol. The Hall–Kier alpha value is -1.89. The zero-order valence-electron chi connectivity index (χ0n) is 15.9. The maximum absolute atomic E-state index is 14.4. The topological polar surface area (TPSA) is 59.8 Å². The fourth-order valence-electron chi connectivity index (χ4n) is 3.42. The molecular formula is C20H27FN4OS. The first-order valence-electron chi connectivity index (χ1n) is 9.72. The number of hydrogen-bond donors (Lipinski definition) is 1.